The van der Waals surface area contributed by atoms with Gasteiger partial charge in [0.2, 0.25) is 0 Å². The molecule has 0 saturated carbocycles. The van der Waals surface area contributed by atoms with Crippen molar-refractivity contribution in [2.24, 2.45) is 5.10 Å². The van der Waals surface area contributed by atoms with Gasteiger partial charge in [-0.3, -0.25) is 4.79 Å². The van der Waals surface area contributed by atoms with Crippen LogP contribution in [0, 0.1) is 0 Å². The highest BCUT2D eigenvalue weighted by atomic mass is 35.5. The Labute approximate surface area is 183 Å². The molecule has 31 heavy (non-hydrogen) atoms. The fourth-order valence-corrected chi connectivity index (χ4v) is 3.83. The Balaban J connectivity index is 1.34. The van der Waals surface area contributed by atoms with Crippen molar-refractivity contribution in [1.82, 2.24) is 5.01 Å². The van der Waals surface area contributed by atoms with Crippen molar-refractivity contribution < 1.29 is 23.1 Å². The molecule has 2 aromatic heterocycles. The van der Waals surface area contributed by atoms with Crippen molar-refractivity contribution in [3.63, 3.8) is 0 Å². The zero-order chi connectivity index (χ0) is 21.2. The van der Waals surface area contributed by atoms with Gasteiger partial charge in [0.05, 0.1) is 43.0 Å². The molecule has 4 heterocycles. The molecule has 8 nitrogen and oxygen atoms in total. The zero-order valence-corrected chi connectivity index (χ0v) is 17.3. The van der Waals surface area contributed by atoms with Gasteiger partial charge in [0.15, 0.2) is 11.5 Å². The number of ether oxygens (including phenoxy) is 2. The molecule has 0 fully saturated rings. The Morgan fingerprint density at radius 2 is 1.90 bits per heavy atom. The third kappa shape index (κ3) is 3.98. The molecule has 2 aliphatic heterocycles. The highest BCUT2D eigenvalue weighted by molar-refractivity contribution is 6.33. The summed E-state index contributed by atoms with van der Waals surface area (Å²) < 4.78 is 22.4. The number of nitrogens with zero attached hydrogens (tertiary/aromatic N) is 2. The van der Waals surface area contributed by atoms with Gasteiger partial charge in [-0.2, -0.15) is 5.10 Å². The highest BCUT2D eigenvalue weighted by Crippen LogP contribution is 2.38. The van der Waals surface area contributed by atoms with Crippen molar-refractivity contribution in [3.05, 3.63) is 65.5 Å². The number of amides is 1. The number of hydrazone groups is 1. The SMILES string of the molecule is O=C(CNc1cc2c(cc1Cl)OCCCO2)N1N=C(c2ccco2)CC1c1ccco1. The number of rotatable bonds is 5. The maximum Gasteiger partial charge on any atom is 0.262 e. The first-order chi connectivity index (χ1) is 15.2. The van der Waals surface area contributed by atoms with Gasteiger partial charge in [0.1, 0.15) is 23.3 Å². The number of carbonyl (C=O) groups is 1. The standard InChI is InChI=1S/C22H20ClN3O5/c23-14-10-20-21(31-9-3-8-30-20)12-15(14)24-13-22(27)26-17(19-5-2-7-29-19)11-16(25-26)18-4-1-6-28-18/h1-2,4-7,10,12,17,24H,3,8-9,11,13H2. The van der Waals surface area contributed by atoms with E-state index in [9.17, 15) is 4.79 Å². The predicted octanol–water partition coefficient (Wildman–Crippen LogP) is 4.48. The van der Waals surface area contributed by atoms with Gasteiger partial charge in [0, 0.05) is 25.0 Å². The number of hydrogen-bond acceptors (Lipinski definition) is 7. The van der Waals surface area contributed by atoms with Crippen LogP contribution in [0.15, 0.2) is 62.9 Å². The van der Waals surface area contributed by atoms with E-state index in [0.717, 1.165) is 6.42 Å². The van der Waals surface area contributed by atoms with Crippen LogP contribution in [0.4, 0.5) is 5.69 Å². The molecule has 1 N–H and O–H groups in total. The van der Waals surface area contributed by atoms with Crippen LogP contribution in [0.3, 0.4) is 0 Å². The number of fused-ring (bicyclic) bond motifs is 1. The molecule has 0 spiro atoms. The minimum Gasteiger partial charge on any atom is -0.490 e. The summed E-state index contributed by atoms with van der Waals surface area (Å²) in [7, 11) is 0. The minimum absolute atomic E-state index is 0.00843. The van der Waals surface area contributed by atoms with Crippen molar-refractivity contribution in [2.75, 3.05) is 25.1 Å². The number of carbonyl (C=O) groups excluding carboxylic acids is 1. The minimum atomic E-state index is -0.344. The van der Waals surface area contributed by atoms with Gasteiger partial charge in [0.25, 0.3) is 5.91 Å². The normalized spacial score (nSPS) is 17.9. The lowest BCUT2D eigenvalue weighted by Crippen LogP contribution is -2.32. The number of furan rings is 2. The monoisotopic (exact) mass is 441 g/mol. The van der Waals surface area contributed by atoms with Gasteiger partial charge >= 0.3 is 0 Å². The Morgan fingerprint density at radius 1 is 1.13 bits per heavy atom. The van der Waals surface area contributed by atoms with Crippen molar-refractivity contribution in [2.45, 2.75) is 18.9 Å². The molecule has 5 rings (SSSR count). The van der Waals surface area contributed by atoms with Crippen LogP contribution in [-0.2, 0) is 4.79 Å². The van der Waals surface area contributed by atoms with E-state index < -0.39 is 0 Å². The molecule has 3 aromatic rings. The predicted molar refractivity (Wildman–Crippen MR) is 114 cm³/mol. The second-order valence-corrected chi connectivity index (χ2v) is 7.59. The lowest BCUT2D eigenvalue weighted by molar-refractivity contribution is -0.131. The number of anilines is 1. The summed E-state index contributed by atoms with van der Waals surface area (Å²) in [6.07, 6.45) is 4.46. The summed E-state index contributed by atoms with van der Waals surface area (Å²) in [4.78, 5) is 13.1. The van der Waals surface area contributed by atoms with Crippen LogP contribution in [0.1, 0.15) is 30.4 Å². The highest BCUT2D eigenvalue weighted by Gasteiger charge is 2.35. The van der Waals surface area contributed by atoms with Gasteiger partial charge < -0.3 is 23.6 Å². The first kappa shape index (κ1) is 19.6. The number of benzene rings is 1. The average Bonchev–Trinajstić information content (AvgIpc) is 3.51. The van der Waals surface area contributed by atoms with E-state index in [0.29, 0.717) is 59.1 Å². The van der Waals surface area contributed by atoms with Gasteiger partial charge in [-0.25, -0.2) is 5.01 Å². The Kier molecular flexibility index (Phi) is 5.30. The second-order valence-electron chi connectivity index (χ2n) is 7.18. The van der Waals surface area contributed by atoms with E-state index in [1.165, 1.54) is 5.01 Å². The molecular formula is C22H20ClN3O5. The summed E-state index contributed by atoms with van der Waals surface area (Å²) in [5.41, 5.74) is 1.27. The van der Waals surface area contributed by atoms with Crippen molar-refractivity contribution >= 4 is 28.9 Å². The van der Waals surface area contributed by atoms with Crippen molar-refractivity contribution in [1.29, 1.82) is 0 Å². The molecule has 0 aliphatic carbocycles. The number of hydrogen-bond donors (Lipinski definition) is 1. The molecule has 0 bridgehead atoms. The van der Waals surface area contributed by atoms with Crippen LogP contribution in [0.5, 0.6) is 11.5 Å². The largest absolute Gasteiger partial charge is 0.490 e. The smallest absolute Gasteiger partial charge is 0.262 e. The quantitative estimate of drug-likeness (QED) is 0.628. The third-order valence-corrected chi connectivity index (χ3v) is 5.42. The van der Waals surface area contributed by atoms with E-state index in [-0.39, 0.29) is 18.5 Å². The molecule has 1 amide bonds. The van der Waals surface area contributed by atoms with E-state index >= 15 is 0 Å². The summed E-state index contributed by atoms with van der Waals surface area (Å²) in [5.74, 6) is 2.26. The Morgan fingerprint density at radius 3 is 2.65 bits per heavy atom. The van der Waals surface area contributed by atoms with Crippen LogP contribution in [0.2, 0.25) is 5.02 Å². The Bertz CT molecular complexity index is 1090. The first-order valence-electron chi connectivity index (χ1n) is 9.99. The summed E-state index contributed by atoms with van der Waals surface area (Å²) >= 11 is 6.38. The average molecular weight is 442 g/mol. The molecule has 1 unspecified atom stereocenters. The van der Waals surface area contributed by atoms with E-state index in [1.54, 1.807) is 36.8 Å². The summed E-state index contributed by atoms with van der Waals surface area (Å²) in [5, 5.41) is 9.48. The summed E-state index contributed by atoms with van der Waals surface area (Å²) in [6, 6.07) is 10.3. The fraction of sp³-hybridized carbons (Fsp3) is 0.273. The van der Waals surface area contributed by atoms with Crippen LogP contribution in [0.25, 0.3) is 0 Å². The molecule has 160 valence electrons. The van der Waals surface area contributed by atoms with E-state index in [1.807, 2.05) is 12.1 Å². The maximum atomic E-state index is 13.1. The van der Waals surface area contributed by atoms with Gasteiger partial charge in [-0.15, -0.1) is 0 Å². The summed E-state index contributed by atoms with van der Waals surface area (Å²) in [6.45, 7) is 1.13. The molecule has 1 atom stereocenters. The lowest BCUT2D eigenvalue weighted by Gasteiger charge is -2.20. The Hall–Kier alpha value is -3.39. The molecular weight excluding hydrogens is 422 g/mol. The first-order valence-corrected chi connectivity index (χ1v) is 10.4. The van der Waals surface area contributed by atoms with Crippen LogP contribution in [-0.4, -0.2) is 36.4 Å². The number of nitrogens with one attached hydrogen (secondary N) is 1. The van der Waals surface area contributed by atoms with Gasteiger partial charge in [-0.1, -0.05) is 11.6 Å². The second kappa shape index (κ2) is 8.39. The molecule has 0 radical (unpaired) electrons. The molecule has 9 heteroatoms. The fourth-order valence-electron chi connectivity index (χ4n) is 3.61. The zero-order valence-electron chi connectivity index (χ0n) is 16.5. The van der Waals surface area contributed by atoms with E-state index in [2.05, 4.69) is 10.4 Å². The topological polar surface area (TPSA) is 89.4 Å². The molecule has 1 aromatic carbocycles. The van der Waals surface area contributed by atoms with Crippen molar-refractivity contribution in [3.8, 4) is 11.5 Å². The van der Waals surface area contributed by atoms with E-state index in [4.69, 9.17) is 29.9 Å². The number of halogens is 1. The maximum absolute atomic E-state index is 13.1. The molecule has 0 saturated heterocycles. The lowest BCUT2D eigenvalue weighted by atomic mass is 10.1. The van der Waals surface area contributed by atoms with Gasteiger partial charge in [-0.05, 0) is 24.3 Å². The van der Waals surface area contributed by atoms with Crippen LogP contribution < -0.4 is 14.8 Å². The van der Waals surface area contributed by atoms with Crippen LogP contribution >= 0.6 is 11.6 Å². The molecule has 2 aliphatic rings. The third-order valence-electron chi connectivity index (χ3n) is 5.11.